The third-order valence-electron chi connectivity index (χ3n) is 6.46. The summed E-state index contributed by atoms with van der Waals surface area (Å²) < 4.78 is 7.88. The Labute approximate surface area is 195 Å². The summed E-state index contributed by atoms with van der Waals surface area (Å²) in [6.45, 7) is 14.6. The molecule has 2 atom stereocenters. The molecular weight excluding hydrogens is 416 g/mol. The second-order valence-electron chi connectivity index (χ2n) is 10.3. The number of H-pyrrole nitrogens is 1. The van der Waals surface area contributed by atoms with E-state index in [0.29, 0.717) is 6.54 Å². The van der Waals surface area contributed by atoms with Crippen molar-refractivity contribution >= 4 is 10.9 Å². The lowest BCUT2D eigenvalue weighted by Gasteiger charge is -2.33. The largest absolute Gasteiger partial charge is 0.377 e. The van der Waals surface area contributed by atoms with Crippen LogP contribution in [-0.2, 0) is 16.8 Å². The van der Waals surface area contributed by atoms with Gasteiger partial charge in [0.05, 0.1) is 23.2 Å². The third kappa shape index (κ3) is 5.01. The molecule has 1 fully saturated rings. The average molecular weight is 453 g/mol. The quantitative estimate of drug-likeness (QED) is 0.582. The molecule has 0 radical (unpaired) electrons. The molecule has 178 valence electrons. The van der Waals surface area contributed by atoms with E-state index in [-0.39, 0.29) is 23.2 Å². The fourth-order valence-electron chi connectivity index (χ4n) is 4.90. The maximum Gasteiger partial charge on any atom is 0.252 e. The van der Waals surface area contributed by atoms with Gasteiger partial charge in [0.2, 0.25) is 0 Å². The van der Waals surface area contributed by atoms with Crippen molar-refractivity contribution in [1.82, 2.24) is 30.1 Å². The highest BCUT2D eigenvalue weighted by Gasteiger charge is 2.31. The van der Waals surface area contributed by atoms with Crippen molar-refractivity contribution in [1.29, 1.82) is 0 Å². The lowest BCUT2D eigenvalue weighted by atomic mass is 10.0. The molecule has 1 aromatic carbocycles. The van der Waals surface area contributed by atoms with E-state index < -0.39 is 0 Å². The molecule has 0 amide bonds. The van der Waals surface area contributed by atoms with E-state index in [1.807, 2.05) is 17.7 Å². The lowest BCUT2D eigenvalue weighted by Crippen LogP contribution is -2.39. The number of nitrogens with one attached hydrogen (secondary N) is 1. The van der Waals surface area contributed by atoms with E-state index in [2.05, 4.69) is 72.2 Å². The van der Waals surface area contributed by atoms with E-state index in [1.165, 1.54) is 5.56 Å². The number of fused-ring (bicyclic) bond motifs is 1. The molecule has 0 saturated carbocycles. The maximum atomic E-state index is 13.1. The number of aryl methyl sites for hydroxylation is 2. The van der Waals surface area contributed by atoms with Crippen LogP contribution in [0, 0.1) is 13.8 Å². The molecular formula is C25H36N6O2. The van der Waals surface area contributed by atoms with Crippen molar-refractivity contribution in [2.24, 2.45) is 0 Å². The molecule has 1 aliphatic rings. The van der Waals surface area contributed by atoms with Crippen LogP contribution >= 0.6 is 0 Å². The number of aromatic amines is 1. The standard InChI is InChI=1S/C25H36N6O2/c1-7-21(23-27-28-29-31(23)25(4,5)6)30(15-20-9-8-10-33-20)14-19-13-18-12-16(2)11-17(3)22(18)26-24(19)32/h11-13,20-21H,7-10,14-15H2,1-6H3,(H,26,32)/t20-,21-/m1/s1. The minimum absolute atomic E-state index is 0.0298. The van der Waals surface area contributed by atoms with Crippen molar-refractivity contribution in [2.75, 3.05) is 13.2 Å². The smallest absolute Gasteiger partial charge is 0.252 e. The highest BCUT2D eigenvalue weighted by molar-refractivity contribution is 5.82. The van der Waals surface area contributed by atoms with Gasteiger partial charge in [0.25, 0.3) is 5.56 Å². The highest BCUT2D eigenvalue weighted by Crippen LogP contribution is 2.29. The van der Waals surface area contributed by atoms with Gasteiger partial charge in [0.1, 0.15) is 0 Å². The summed E-state index contributed by atoms with van der Waals surface area (Å²) in [6, 6.07) is 6.23. The Morgan fingerprint density at radius 2 is 2.06 bits per heavy atom. The predicted molar refractivity (Wildman–Crippen MR) is 129 cm³/mol. The monoisotopic (exact) mass is 452 g/mol. The Hall–Kier alpha value is -2.58. The van der Waals surface area contributed by atoms with Gasteiger partial charge in [-0.2, -0.15) is 0 Å². The van der Waals surface area contributed by atoms with Gasteiger partial charge in [-0.1, -0.05) is 18.6 Å². The first-order valence-corrected chi connectivity index (χ1v) is 11.9. The molecule has 33 heavy (non-hydrogen) atoms. The average Bonchev–Trinajstić information content (AvgIpc) is 3.42. The Bertz CT molecular complexity index is 1170. The van der Waals surface area contributed by atoms with Crippen LogP contribution in [0.15, 0.2) is 23.0 Å². The van der Waals surface area contributed by atoms with E-state index in [0.717, 1.165) is 60.3 Å². The van der Waals surface area contributed by atoms with Gasteiger partial charge < -0.3 is 9.72 Å². The van der Waals surface area contributed by atoms with Crippen molar-refractivity contribution in [2.45, 2.75) is 85.0 Å². The predicted octanol–water partition coefficient (Wildman–Crippen LogP) is 4.02. The number of aromatic nitrogens is 5. The summed E-state index contributed by atoms with van der Waals surface area (Å²) in [5, 5.41) is 13.8. The molecule has 0 unspecified atom stereocenters. The van der Waals surface area contributed by atoms with Crippen LogP contribution in [0.25, 0.3) is 10.9 Å². The van der Waals surface area contributed by atoms with Crippen LogP contribution < -0.4 is 5.56 Å². The number of hydrogen-bond donors (Lipinski definition) is 1. The van der Waals surface area contributed by atoms with Gasteiger partial charge in [-0.3, -0.25) is 9.69 Å². The second kappa shape index (κ2) is 9.35. The summed E-state index contributed by atoms with van der Waals surface area (Å²) in [5.74, 6) is 0.826. The molecule has 3 aromatic rings. The van der Waals surface area contributed by atoms with Crippen molar-refractivity contribution in [3.63, 3.8) is 0 Å². The van der Waals surface area contributed by atoms with Crippen LogP contribution in [0.3, 0.4) is 0 Å². The number of pyridine rings is 1. The molecule has 0 bridgehead atoms. The topological polar surface area (TPSA) is 88.9 Å². The summed E-state index contributed by atoms with van der Waals surface area (Å²) >= 11 is 0. The van der Waals surface area contributed by atoms with Crippen molar-refractivity contribution < 1.29 is 4.74 Å². The second-order valence-corrected chi connectivity index (χ2v) is 10.3. The summed E-state index contributed by atoms with van der Waals surface area (Å²) in [6.07, 6.45) is 3.09. The minimum Gasteiger partial charge on any atom is -0.377 e. The lowest BCUT2D eigenvalue weighted by molar-refractivity contribution is 0.0478. The minimum atomic E-state index is -0.239. The number of ether oxygens (including phenoxy) is 1. The summed E-state index contributed by atoms with van der Waals surface area (Å²) in [5.41, 5.74) is 3.64. The SMILES string of the molecule is CC[C@H](c1nnnn1C(C)(C)C)N(Cc1cc2cc(C)cc(C)c2[nH]c1=O)C[C@H]1CCCO1. The van der Waals surface area contributed by atoms with E-state index in [4.69, 9.17) is 4.74 Å². The highest BCUT2D eigenvalue weighted by atomic mass is 16.5. The van der Waals surface area contributed by atoms with E-state index >= 15 is 0 Å². The van der Waals surface area contributed by atoms with E-state index in [1.54, 1.807) is 0 Å². The van der Waals surface area contributed by atoms with E-state index in [9.17, 15) is 4.79 Å². The van der Waals surface area contributed by atoms with Crippen molar-refractivity contribution in [3.05, 3.63) is 51.1 Å². The summed E-state index contributed by atoms with van der Waals surface area (Å²) in [4.78, 5) is 18.6. The van der Waals surface area contributed by atoms with Gasteiger partial charge in [0.15, 0.2) is 5.82 Å². The molecule has 2 aromatic heterocycles. The van der Waals surface area contributed by atoms with Crippen LogP contribution in [0.4, 0.5) is 0 Å². The third-order valence-corrected chi connectivity index (χ3v) is 6.46. The van der Waals surface area contributed by atoms with Crippen molar-refractivity contribution in [3.8, 4) is 0 Å². The van der Waals surface area contributed by atoms with Gasteiger partial charge in [-0.05, 0) is 87.4 Å². The molecule has 1 saturated heterocycles. The molecule has 1 N–H and O–H groups in total. The molecule has 8 nitrogen and oxygen atoms in total. The maximum absolute atomic E-state index is 13.1. The normalized spacial score (nSPS) is 17.8. The molecule has 0 spiro atoms. The number of nitrogens with zero attached hydrogens (tertiary/aromatic N) is 5. The van der Waals surface area contributed by atoms with Crippen LogP contribution in [-0.4, -0.2) is 49.3 Å². The van der Waals surface area contributed by atoms with Gasteiger partial charge in [-0.15, -0.1) is 5.10 Å². The zero-order chi connectivity index (χ0) is 23.8. The van der Waals surface area contributed by atoms with Crippen LogP contribution in [0.5, 0.6) is 0 Å². The Morgan fingerprint density at radius 3 is 2.73 bits per heavy atom. The fraction of sp³-hybridized carbons (Fsp3) is 0.600. The first kappa shape index (κ1) is 23.6. The molecule has 3 heterocycles. The number of tetrazole rings is 1. The number of hydrogen-bond acceptors (Lipinski definition) is 6. The molecule has 8 heteroatoms. The Kier molecular flexibility index (Phi) is 6.68. The number of rotatable bonds is 7. The zero-order valence-electron chi connectivity index (χ0n) is 20.7. The zero-order valence-corrected chi connectivity index (χ0v) is 20.7. The fourth-order valence-corrected chi connectivity index (χ4v) is 4.90. The molecule has 4 rings (SSSR count). The molecule has 0 aliphatic carbocycles. The van der Waals surface area contributed by atoms with Gasteiger partial charge in [-0.25, -0.2) is 4.68 Å². The number of benzene rings is 1. The van der Waals surface area contributed by atoms with Crippen LogP contribution in [0.1, 0.15) is 75.5 Å². The Morgan fingerprint density at radius 1 is 1.27 bits per heavy atom. The van der Waals surface area contributed by atoms with Crippen LogP contribution in [0.2, 0.25) is 0 Å². The first-order chi connectivity index (χ1) is 15.7. The molecule has 1 aliphatic heterocycles. The first-order valence-electron chi connectivity index (χ1n) is 11.9. The summed E-state index contributed by atoms with van der Waals surface area (Å²) in [7, 11) is 0. The van der Waals surface area contributed by atoms with Gasteiger partial charge in [0, 0.05) is 25.3 Å². The Balaban J connectivity index is 1.74. The van der Waals surface area contributed by atoms with Gasteiger partial charge >= 0.3 is 0 Å².